The number of halogens is 1. The van der Waals surface area contributed by atoms with Crippen LogP contribution in [0.5, 0.6) is 0 Å². The first-order chi connectivity index (χ1) is 16.4. The van der Waals surface area contributed by atoms with Crippen molar-refractivity contribution in [2.75, 3.05) is 25.5 Å². The molecule has 0 bridgehead atoms. The number of amides is 3. The van der Waals surface area contributed by atoms with Crippen molar-refractivity contribution in [3.05, 3.63) is 70.0 Å². The number of likely N-dealkylation sites (tertiary alicyclic amines) is 1. The van der Waals surface area contributed by atoms with Crippen LogP contribution in [-0.4, -0.2) is 51.3 Å². The number of benzene rings is 1. The molecule has 5 rings (SSSR count). The molecule has 3 heterocycles. The molecule has 0 spiro atoms. The van der Waals surface area contributed by atoms with Crippen molar-refractivity contribution in [1.82, 2.24) is 24.6 Å². The predicted molar refractivity (Wildman–Crippen MR) is 127 cm³/mol. The first-order valence-electron chi connectivity index (χ1n) is 11.2. The van der Waals surface area contributed by atoms with Gasteiger partial charge in [-0.25, -0.2) is 19.2 Å². The van der Waals surface area contributed by atoms with Gasteiger partial charge >= 0.3 is 6.03 Å². The van der Waals surface area contributed by atoms with Crippen LogP contribution in [0.4, 0.5) is 14.9 Å². The van der Waals surface area contributed by atoms with Crippen LogP contribution >= 0.6 is 11.5 Å². The molecule has 2 aromatic heterocycles. The molecule has 3 aromatic rings. The van der Waals surface area contributed by atoms with Crippen LogP contribution in [0.3, 0.4) is 0 Å². The molecule has 1 aromatic carbocycles. The average molecular weight is 481 g/mol. The van der Waals surface area contributed by atoms with E-state index in [1.54, 1.807) is 24.1 Å². The Morgan fingerprint density at radius 2 is 2.06 bits per heavy atom. The second kappa shape index (κ2) is 8.75. The molecule has 8 nitrogen and oxygen atoms in total. The quantitative estimate of drug-likeness (QED) is 0.578. The summed E-state index contributed by atoms with van der Waals surface area (Å²) >= 11 is 1.26. The number of urea groups is 1. The summed E-state index contributed by atoms with van der Waals surface area (Å²) in [6.07, 6.45) is 5.94. The summed E-state index contributed by atoms with van der Waals surface area (Å²) in [7, 11) is 1.53. The van der Waals surface area contributed by atoms with E-state index in [4.69, 9.17) is 0 Å². The molecule has 176 valence electrons. The van der Waals surface area contributed by atoms with E-state index in [0.29, 0.717) is 36.7 Å². The van der Waals surface area contributed by atoms with Crippen molar-refractivity contribution >= 4 is 29.2 Å². The number of nitrogens with one attached hydrogen (secondary N) is 2. The highest BCUT2D eigenvalue weighted by Gasteiger charge is 2.45. The second-order valence-electron chi connectivity index (χ2n) is 8.91. The summed E-state index contributed by atoms with van der Waals surface area (Å²) in [6.45, 7) is 2.49. The van der Waals surface area contributed by atoms with Crippen molar-refractivity contribution in [2.45, 2.75) is 37.5 Å². The molecule has 1 aliphatic carbocycles. The zero-order valence-corrected chi connectivity index (χ0v) is 19.8. The van der Waals surface area contributed by atoms with Crippen LogP contribution in [0.15, 0.2) is 36.8 Å². The van der Waals surface area contributed by atoms with Crippen LogP contribution in [0.2, 0.25) is 0 Å². The Morgan fingerprint density at radius 1 is 1.24 bits per heavy atom. The molecule has 2 fully saturated rings. The van der Waals surface area contributed by atoms with Gasteiger partial charge in [0.25, 0.3) is 5.91 Å². The number of rotatable bonds is 5. The Labute approximate surface area is 200 Å². The van der Waals surface area contributed by atoms with E-state index in [1.165, 1.54) is 31.0 Å². The average Bonchev–Trinajstić information content (AvgIpc) is 3.34. The van der Waals surface area contributed by atoms with Crippen LogP contribution in [0.25, 0.3) is 0 Å². The maximum absolute atomic E-state index is 14.5. The first kappa shape index (κ1) is 22.4. The third-order valence-electron chi connectivity index (χ3n) is 6.69. The van der Waals surface area contributed by atoms with Gasteiger partial charge in [0.05, 0.1) is 11.1 Å². The number of hydrogen-bond donors (Lipinski definition) is 2. The van der Waals surface area contributed by atoms with E-state index >= 15 is 0 Å². The fourth-order valence-electron chi connectivity index (χ4n) is 4.50. The third kappa shape index (κ3) is 4.02. The number of carbonyl (C=O) groups is 2. The molecule has 1 atom stereocenters. The van der Waals surface area contributed by atoms with Gasteiger partial charge in [0, 0.05) is 26.3 Å². The molecule has 2 aliphatic rings. The molecule has 3 amide bonds. The Morgan fingerprint density at radius 3 is 2.74 bits per heavy atom. The van der Waals surface area contributed by atoms with E-state index in [1.807, 2.05) is 12.1 Å². The zero-order chi connectivity index (χ0) is 23.9. The number of nitrogens with zero attached hydrogens (tertiary/aromatic N) is 4. The summed E-state index contributed by atoms with van der Waals surface area (Å²) in [5.74, 6) is -0.227. The number of hydrogen-bond acceptors (Lipinski definition) is 6. The number of aryl methyl sites for hydroxylation is 1. The highest BCUT2D eigenvalue weighted by molar-refractivity contribution is 7.05. The summed E-state index contributed by atoms with van der Waals surface area (Å²) in [6, 6.07) is 6.69. The minimum Gasteiger partial charge on any atom is -0.354 e. The number of carbonyl (C=O) groups excluding carboxylic acids is 2. The Bertz CT molecular complexity index is 1250. The minimum absolute atomic E-state index is 0.176. The fourth-order valence-corrected chi connectivity index (χ4v) is 5.25. The largest absolute Gasteiger partial charge is 0.354 e. The summed E-state index contributed by atoms with van der Waals surface area (Å²) < 4.78 is 18.6. The topological polar surface area (TPSA) is 100 Å². The molecule has 1 saturated heterocycles. The maximum Gasteiger partial charge on any atom is 0.321 e. The Kier molecular flexibility index (Phi) is 5.76. The van der Waals surface area contributed by atoms with E-state index < -0.39 is 5.41 Å². The normalized spacial score (nSPS) is 19.8. The summed E-state index contributed by atoms with van der Waals surface area (Å²) in [5, 5.41) is 6.22. The van der Waals surface area contributed by atoms with Crippen LogP contribution in [0, 0.1) is 12.7 Å². The lowest BCUT2D eigenvalue weighted by molar-refractivity contribution is 0.0959. The van der Waals surface area contributed by atoms with Gasteiger partial charge in [-0.05, 0) is 72.5 Å². The van der Waals surface area contributed by atoms with E-state index in [0.717, 1.165) is 29.0 Å². The summed E-state index contributed by atoms with van der Waals surface area (Å²) in [4.78, 5) is 36.1. The lowest BCUT2D eigenvalue weighted by Gasteiger charge is -2.28. The monoisotopic (exact) mass is 480 g/mol. The first-order valence-corrected chi connectivity index (χ1v) is 12.0. The Hall–Kier alpha value is -3.40. The van der Waals surface area contributed by atoms with Gasteiger partial charge in [-0.2, -0.15) is 4.37 Å². The molecular weight excluding hydrogens is 455 g/mol. The van der Waals surface area contributed by atoms with Gasteiger partial charge in [0.1, 0.15) is 17.2 Å². The molecule has 1 aliphatic heterocycles. The second-order valence-corrected chi connectivity index (χ2v) is 9.69. The fraction of sp³-hybridized carbons (Fsp3) is 0.375. The Balaban J connectivity index is 1.43. The maximum atomic E-state index is 14.5. The molecular formula is C24H25FN6O2S. The predicted octanol–water partition coefficient (Wildman–Crippen LogP) is 3.84. The van der Waals surface area contributed by atoms with Gasteiger partial charge in [0.2, 0.25) is 0 Å². The van der Waals surface area contributed by atoms with Gasteiger partial charge < -0.3 is 15.5 Å². The minimum atomic E-state index is -0.648. The van der Waals surface area contributed by atoms with Crippen LogP contribution in [-0.2, 0) is 5.41 Å². The van der Waals surface area contributed by atoms with Gasteiger partial charge in [-0.15, -0.1) is 0 Å². The van der Waals surface area contributed by atoms with Crippen molar-refractivity contribution < 1.29 is 14.0 Å². The number of aromatic nitrogens is 3. The SMILES string of the molecule is CNC(=O)c1ncc(C2CC2)cc1NC(=O)N1CC[C@](c2ccc(C)c(F)c2)(c2ncns2)C1. The molecule has 34 heavy (non-hydrogen) atoms. The number of pyridine rings is 1. The van der Waals surface area contributed by atoms with E-state index in [2.05, 4.69) is 25.0 Å². The van der Waals surface area contributed by atoms with Crippen molar-refractivity contribution in [1.29, 1.82) is 0 Å². The van der Waals surface area contributed by atoms with Crippen molar-refractivity contribution in [2.24, 2.45) is 0 Å². The van der Waals surface area contributed by atoms with E-state index in [-0.39, 0.29) is 23.4 Å². The van der Waals surface area contributed by atoms with E-state index in [9.17, 15) is 14.0 Å². The lowest BCUT2D eigenvalue weighted by atomic mass is 9.80. The molecule has 0 unspecified atom stereocenters. The number of anilines is 1. The molecule has 2 N–H and O–H groups in total. The van der Waals surface area contributed by atoms with Gasteiger partial charge in [0.15, 0.2) is 5.69 Å². The van der Waals surface area contributed by atoms with Crippen molar-refractivity contribution in [3.63, 3.8) is 0 Å². The third-order valence-corrected chi connectivity index (χ3v) is 7.56. The zero-order valence-electron chi connectivity index (χ0n) is 19.0. The smallest absolute Gasteiger partial charge is 0.321 e. The highest BCUT2D eigenvalue weighted by atomic mass is 32.1. The van der Waals surface area contributed by atoms with Crippen LogP contribution in [0.1, 0.15) is 57.4 Å². The standard InChI is InChI=1S/C24H25FN6O2S/c1-14-3-6-17(10-18(14)25)24(22-28-13-29-34-22)7-8-31(12-24)23(33)30-19-9-16(15-4-5-15)11-27-20(19)21(32)26-2/h3,6,9-11,13,15H,4-5,7-8,12H2,1-2H3,(H,26,32)(H,30,33)/t24-/m0/s1. The molecule has 1 saturated carbocycles. The molecule has 10 heteroatoms. The van der Waals surface area contributed by atoms with Crippen molar-refractivity contribution in [3.8, 4) is 0 Å². The molecule has 0 radical (unpaired) electrons. The summed E-state index contributed by atoms with van der Waals surface area (Å²) in [5.41, 5.74) is 2.27. The van der Waals surface area contributed by atoms with Gasteiger partial charge in [-0.3, -0.25) is 4.79 Å². The van der Waals surface area contributed by atoms with Gasteiger partial charge in [-0.1, -0.05) is 12.1 Å². The highest BCUT2D eigenvalue weighted by Crippen LogP contribution is 2.43. The van der Waals surface area contributed by atoms with Crippen LogP contribution < -0.4 is 10.6 Å². The lowest BCUT2D eigenvalue weighted by Crippen LogP contribution is -2.38.